The van der Waals surface area contributed by atoms with E-state index in [0.29, 0.717) is 39.9 Å². The molecule has 1 aromatic heterocycles. The van der Waals surface area contributed by atoms with Gasteiger partial charge in [-0.25, -0.2) is 4.79 Å². The average Bonchev–Trinajstić information content (AvgIpc) is 3.15. The molecule has 10 heteroatoms. The van der Waals surface area contributed by atoms with Crippen LogP contribution in [0.4, 0.5) is 10.5 Å². The molecule has 38 heavy (non-hydrogen) atoms. The first kappa shape index (κ1) is 26.6. The molecule has 2 N–H and O–H groups in total. The van der Waals surface area contributed by atoms with E-state index in [2.05, 4.69) is 15.4 Å². The number of rotatable bonds is 7. The molecule has 0 aliphatic heterocycles. The Bertz CT molecular complexity index is 1520. The minimum Gasteiger partial charge on any atom is -0.469 e. The van der Waals surface area contributed by atoms with E-state index >= 15 is 0 Å². The summed E-state index contributed by atoms with van der Waals surface area (Å²) in [5.74, 6) is -1.47. The first-order chi connectivity index (χ1) is 18.0. The molecule has 1 aliphatic carbocycles. The van der Waals surface area contributed by atoms with Crippen LogP contribution < -0.4 is 16.2 Å². The second-order valence-corrected chi connectivity index (χ2v) is 9.90. The lowest BCUT2D eigenvalue weighted by atomic mass is 10.0. The molecule has 198 valence electrons. The summed E-state index contributed by atoms with van der Waals surface area (Å²) in [6.45, 7) is 5.79. The number of ketones is 1. The number of ether oxygens (including phenoxy) is 2. The number of carbonyl (C=O) groups excluding carboxylic acids is 4. The third-order valence-electron chi connectivity index (χ3n) is 5.97. The van der Waals surface area contributed by atoms with Crippen LogP contribution in [0.2, 0.25) is 0 Å². The molecular weight excluding hydrogens is 490 g/mol. The van der Waals surface area contributed by atoms with Crippen LogP contribution in [0.25, 0.3) is 22.0 Å². The van der Waals surface area contributed by atoms with E-state index < -0.39 is 30.0 Å². The lowest BCUT2D eigenvalue weighted by Gasteiger charge is -2.20. The lowest BCUT2D eigenvalue weighted by molar-refractivity contribution is -0.142. The summed E-state index contributed by atoms with van der Waals surface area (Å²) in [5.41, 5.74) is 1.45. The number of pyridine rings is 1. The first-order valence-corrected chi connectivity index (χ1v) is 12.2. The minimum atomic E-state index is -0.688. The number of fused-ring (bicyclic) bond motifs is 5. The molecule has 1 aliphatic rings. The molecule has 0 unspecified atom stereocenters. The second kappa shape index (κ2) is 10.5. The Morgan fingerprint density at radius 1 is 0.974 bits per heavy atom. The zero-order valence-electron chi connectivity index (χ0n) is 21.7. The number of alkyl carbamates (subject to hydrolysis) is 1. The number of hydrogen-bond donors (Lipinski definition) is 2. The Morgan fingerprint density at radius 3 is 2.37 bits per heavy atom. The van der Waals surface area contributed by atoms with Crippen LogP contribution in [0.3, 0.4) is 0 Å². The molecule has 0 saturated carbocycles. The van der Waals surface area contributed by atoms with E-state index in [4.69, 9.17) is 4.74 Å². The van der Waals surface area contributed by atoms with Crippen LogP contribution in [0.15, 0.2) is 47.3 Å². The summed E-state index contributed by atoms with van der Waals surface area (Å²) in [5, 5.41) is 6.00. The molecule has 0 atom stereocenters. The van der Waals surface area contributed by atoms with Crippen molar-refractivity contribution in [2.24, 2.45) is 0 Å². The van der Waals surface area contributed by atoms with Crippen LogP contribution in [-0.2, 0) is 25.6 Å². The van der Waals surface area contributed by atoms with Gasteiger partial charge in [0.15, 0.2) is 5.78 Å². The SMILES string of the molecule is COC(=O)CC(=O)Nc1ccc2c3c(n(CCCNC(=O)OC(C)(C)C)c(=O)c2c1)-c1ccccc1C3=O. The fourth-order valence-electron chi connectivity index (χ4n) is 4.42. The Hall–Kier alpha value is -4.47. The number of amides is 2. The van der Waals surface area contributed by atoms with Gasteiger partial charge >= 0.3 is 12.1 Å². The maximum Gasteiger partial charge on any atom is 0.407 e. The average molecular weight is 520 g/mol. The standard InChI is InChI=1S/C28H29N3O7/c1-28(2,3)38-27(36)29-12-7-13-31-24-18-8-5-6-9-19(18)25(34)23(24)17-11-10-16(14-20(17)26(31)35)30-21(32)15-22(33)37-4/h5-6,8-11,14H,7,12-13,15H2,1-4H3,(H,29,36)(H,30,32). The van der Waals surface area contributed by atoms with Crippen molar-refractivity contribution in [1.82, 2.24) is 9.88 Å². The van der Waals surface area contributed by atoms with Gasteiger partial charge in [-0.2, -0.15) is 0 Å². The summed E-state index contributed by atoms with van der Waals surface area (Å²) in [4.78, 5) is 62.8. The number of carbonyl (C=O) groups is 4. The number of benzene rings is 2. The van der Waals surface area contributed by atoms with E-state index in [0.717, 1.165) is 0 Å². The molecule has 10 nitrogen and oxygen atoms in total. The second-order valence-electron chi connectivity index (χ2n) is 9.90. The number of esters is 1. The van der Waals surface area contributed by atoms with Gasteiger partial charge in [-0.05, 0) is 39.3 Å². The number of methoxy groups -OCH3 is 1. The molecule has 0 bridgehead atoms. The van der Waals surface area contributed by atoms with Gasteiger partial charge in [0.2, 0.25) is 5.91 Å². The van der Waals surface area contributed by atoms with Crippen molar-refractivity contribution in [3.63, 3.8) is 0 Å². The molecule has 3 aromatic rings. The van der Waals surface area contributed by atoms with Crippen molar-refractivity contribution in [3.05, 3.63) is 63.9 Å². The van der Waals surface area contributed by atoms with Crippen LogP contribution in [0.5, 0.6) is 0 Å². The maximum absolute atomic E-state index is 13.7. The van der Waals surface area contributed by atoms with Crippen molar-refractivity contribution >= 4 is 40.2 Å². The smallest absolute Gasteiger partial charge is 0.407 e. The molecule has 0 fully saturated rings. The topological polar surface area (TPSA) is 133 Å². The van der Waals surface area contributed by atoms with Gasteiger partial charge in [-0.15, -0.1) is 0 Å². The van der Waals surface area contributed by atoms with Gasteiger partial charge in [0.05, 0.1) is 23.8 Å². The summed E-state index contributed by atoms with van der Waals surface area (Å²) >= 11 is 0. The predicted molar refractivity (Wildman–Crippen MR) is 141 cm³/mol. The van der Waals surface area contributed by atoms with Crippen molar-refractivity contribution < 1.29 is 28.7 Å². The summed E-state index contributed by atoms with van der Waals surface area (Å²) in [6, 6.07) is 11.8. The van der Waals surface area contributed by atoms with E-state index in [-0.39, 0.29) is 29.8 Å². The highest BCUT2D eigenvalue weighted by atomic mass is 16.6. The molecule has 0 radical (unpaired) electrons. The third kappa shape index (κ3) is 5.44. The van der Waals surface area contributed by atoms with Gasteiger partial charge in [-0.3, -0.25) is 19.2 Å². The molecule has 2 amide bonds. The van der Waals surface area contributed by atoms with Gasteiger partial charge in [0, 0.05) is 35.3 Å². The number of hydrogen-bond acceptors (Lipinski definition) is 7. The number of nitrogens with one attached hydrogen (secondary N) is 2. The van der Waals surface area contributed by atoms with Crippen molar-refractivity contribution in [2.45, 2.75) is 45.8 Å². The van der Waals surface area contributed by atoms with Crippen LogP contribution in [-0.4, -0.2) is 47.6 Å². The molecule has 4 rings (SSSR count). The number of nitrogens with zero attached hydrogens (tertiary/aromatic N) is 1. The maximum atomic E-state index is 13.7. The summed E-state index contributed by atoms with van der Waals surface area (Å²) in [7, 11) is 1.19. The van der Waals surface area contributed by atoms with Gasteiger partial charge in [0.25, 0.3) is 5.56 Å². The summed E-state index contributed by atoms with van der Waals surface area (Å²) < 4.78 is 11.3. The van der Waals surface area contributed by atoms with Crippen molar-refractivity contribution in [1.29, 1.82) is 0 Å². The summed E-state index contributed by atoms with van der Waals surface area (Å²) in [6.07, 6.45) is -0.619. The molecule has 0 saturated heterocycles. The Kier molecular flexibility index (Phi) is 7.34. The minimum absolute atomic E-state index is 0.191. The normalized spacial score (nSPS) is 12.1. The van der Waals surface area contributed by atoms with Crippen molar-refractivity contribution in [2.75, 3.05) is 19.0 Å². The number of anilines is 1. The van der Waals surface area contributed by atoms with E-state index in [9.17, 15) is 24.0 Å². The Labute approximate surface area is 218 Å². The molecular formula is C28H29N3O7. The van der Waals surface area contributed by atoms with E-state index in [1.54, 1.807) is 51.1 Å². The third-order valence-corrected chi connectivity index (χ3v) is 5.97. The highest BCUT2D eigenvalue weighted by molar-refractivity contribution is 6.26. The van der Waals surface area contributed by atoms with Crippen molar-refractivity contribution in [3.8, 4) is 11.3 Å². The lowest BCUT2D eigenvalue weighted by Crippen LogP contribution is -2.33. The molecule has 0 spiro atoms. The first-order valence-electron chi connectivity index (χ1n) is 12.2. The quantitative estimate of drug-likeness (QED) is 0.216. The fraction of sp³-hybridized carbons (Fsp3) is 0.321. The van der Waals surface area contributed by atoms with Gasteiger partial charge in [-0.1, -0.05) is 30.3 Å². The zero-order valence-corrected chi connectivity index (χ0v) is 21.7. The largest absolute Gasteiger partial charge is 0.469 e. The van der Waals surface area contributed by atoms with Crippen LogP contribution in [0.1, 0.15) is 49.5 Å². The highest BCUT2D eigenvalue weighted by Gasteiger charge is 2.32. The Morgan fingerprint density at radius 2 is 1.68 bits per heavy atom. The van der Waals surface area contributed by atoms with Gasteiger partial charge < -0.3 is 24.7 Å². The fourth-order valence-corrected chi connectivity index (χ4v) is 4.42. The number of aromatic nitrogens is 1. The van der Waals surface area contributed by atoms with Crippen LogP contribution >= 0.6 is 0 Å². The molecule has 2 aromatic carbocycles. The predicted octanol–water partition coefficient (Wildman–Crippen LogP) is 3.63. The monoisotopic (exact) mass is 519 g/mol. The molecule has 1 heterocycles. The van der Waals surface area contributed by atoms with Gasteiger partial charge in [0.1, 0.15) is 12.0 Å². The zero-order chi connectivity index (χ0) is 27.6. The van der Waals surface area contributed by atoms with E-state index in [1.807, 2.05) is 6.07 Å². The van der Waals surface area contributed by atoms with Crippen LogP contribution in [0, 0.1) is 0 Å². The van der Waals surface area contributed by atoms with E-state index in [1.165, 1.54) is 17.7 Å². The highest BCUT2D eigenvalue weighted by Crippen LogP contribution is 2.39. The Balaban J connectivity index is 1.70.